The maximum atomic E-state index is 13.2. The van der Waals surface area contributed by atoms with Crippen LogP contribution in [-0.2, 0) is 17.8 Å². The van der Waals surface area contributed by atoms with Gasteiger partial charge >= 0.3 is 0 Å². The van der Waals surface area contributed by atoms with Crippen LogP contribution in [-0.4, -0.2) is 41.9 Å². The molecule has 0 saturated heterocycles. The molecule has 9 nitrogen and oxygen atoms in total. The molecule has 2 aromatic carbocycles. The topological polar surface area (TPSA) is 103 Å². The second-order valence-corrected chi connectivity index (χ2v) is 7.69. The molecular formula is C24H24N4O5. The van der Waals surface area contributed by atoms with E-state index < -0.39 is 11.5 Å². The first-order valence-corrected chi connectivity index (χ1v) is 10.4. The molecule has 0 aliphatic carbocycles. The number of anilines is 2. The van der Waals surface area contributed by atoms with Crippen molar-refractivity contribution in [2.24, 2.45) is 0 Å². The van der Waals surface area contributed by atoms with E-state index in [1.807, 2.05) is 31.2 Å². The van der Waals surface area contributed by atoms with E-state index in [9.17, 15) is 14.4 Å². The predicted molar refractivity (Wildman–Crippen MR) is 123 cm³/mol. The maximum Gasteiger partial charge on any atom is 0.278 e. The van der Waals surface area contributed by atoms with Crippen LogP contribution in [0.2, 0.25) is 0 Å². The highest BCUT2D eigenvalue weighted by molar-refractivity contribution is 6.06. The van der Waals surface area contributed by atoms with Gasteiger partial charge in [-0.15, -0.1) is 0 Å². The molecule has 0 fully saturated rings. The van der Waals surface area contributed by atoms with Crippen LogP contribution in [0.3, 0.4) is 0 Å². The van der Waals surface area contributed by atoms with Gasteiger partial charge in [0.25, 0.3) is 11.5 Å². The summed E-state index contributed by atoms with van der Waals surface area (Å²) in [6, 6.07) is 15.3. The number of hydrogen-bond donors (Lipinski definition) is 1. The fraction of sp³-hybridized carbons (Fsp3) is 0.250. The molecular weight excluding hydrogens is 424 g/mol. The van der Waals surface area contributed by atoms with Crippen LogP contribution in [0, 0.1) is 0 Å². The first-order valence-electron chi connectivity index (χ1n) is 10.4. The van der Waals surface area contributed by atoms with E-state index in [0.29, 0.717) is 17.2 Å². The number of para-hydroxylation sites is 1. The lowest BCUT2D eigenvalue weighted by atomic mass is 10.1. The van der Waals surface area contributed by atoms with Gasteiger partial charge in [-0.25, -0.2) is 4.68 Å². The molecule has 9 heteroatoms. The van der Waals surface area contributed by atoms with Crippen molar-refractivity contribution in [3.8, 4) is 11.5 Å². The van der Waals surface area contributed by atoms with E-state index >= 15 is 0 Å². The van der Waals surface area contributed by atoms with Gasteiger partial charge in [-0.2, -0.15) is 5.10 Å². The third-order valence-corrected chi connectivity index (χ3v) is 5.49. The number of nitrogens with zero attached hydrogens (tertiary/aromatic N) is 3. The van der Waals surface area contributed by atoms with Gasteiger partial charge in [0.15, 0.2) is 0 Å². The zero-order chi connectivity index (χ0) is 23.5. The lowest BCUT2D eigenvalue weighted by Crippen LogP contribution is -2.38. The van der Waals surface area contributed by atoms with Crippen molar-refractivity contribution in [2.75, 3.05) is 24.4 Å². The highest BCUT2D eigenvalue weighted by Gasteiger charge is 2.32. The number of nitrogens with one attached hydrogen (secondary N) is 1. The van der Waals surface area contributed by atoms with E-state index in [2.05, 4.69) is 10.4 Å². The number of carbonyl (C=O) groups is 2. The van der Waals surface area contributed by atoms with Crippen molar-refractivity contribution in [2.45, 2.75) is 25.9 Å². The van der Waals surface area contributed by atoms with Crippen molar-refractivity contribution in [1.29, 1.82) is 0 Å². The Morgan fingerprint density at radius 3 is 2.64 bits per heavy atom. The van der Waals surface area contributed by atoms with Crippen LogP contribution in [0.25, 0.3) is 0 Å². The van der Waals surface area contributed by atoms with Crippen LogP contribution < -0.4 is 25.2 Å². The number of amides is 2. The van der Waals surface area contributed by atoms with Crippen LogP contribution in [0.1, 0.15) is 23.0 Å². The molecule has 170 valence electrons. The summed E-state index contributed by atoms with van der Waals surface area (Å²) in [5.41, 5.74) is 1.90. The lowest BCUT2D eigenvalue weighted by Gasteiger charge is -2.22. The van der Waals surface area contributed by atoms with E-state index in [1.54, 1.807) is 23.1 Å². The highest BCUT2D eigenvalue weighted by atomic mass is 16.5. The highest BCUT2D eigenvalue weighted by Crippen LogP contribution is 2.32. The van der Waals surface area contributed by atoms with E-state index in [0.717, 1.165) is 22.4 Å². The minimum atomic E-state index is -0.499. The van der Waals surface area contributed by atoms with Crippen molar-refractivity contribution in [3.05, 3.63) is 76.2 Å². The number of methoxy groups -OCH3 is 2. The lowest BCUT2D eigenvalue weighted by molar-refractivity contribution is -0.117. The molecule has 0 saturated carbocycles. The average molecular weight is 448 g/mol. The van der Waals surface area contributed by atoms with E-state index in [4.69, 9.17) is 9.47 Å². The van der Waals surface area contributed by atoms with Gasteiger partial charge < -0.3 is 19.7 Å². The Labute approximate surface area is 190 Å². The van der Waals surface area contributed by atoms with Crippen molar-refractivity contribution >= 4 is 23.2 Å². The van der Waals surface area contributed by atoms with Gasteiger partial charge in [0.05, 0.1) is 19.9 Å². The van der Waals surface area contributed by atoms with Crippen molar-refractivity contribution in [1.82, 2.24) is 9.78 Å². The largest absolute Gasteiger partial charge is 0.497 e. The first-order chi connectivity index (χ1) is 15.9. The number of fused-ring (bicyclic) bond motifs is 1. The smallest absolute Gasteiger partial charge is 0.278 e. The van der Waals surface area contributed by atoms with Crippen LogP contribution in [0.15, 0.2) is 59.4 Å². The summed E-state index contributed by atoms with van der Waals surface area (Å²) in [6.45, 7) is 1.59. The molecule has 1 aromatic heterocycles. The Morgan fingerprint density at radius 1 is 1.09 bits per heavy atom. The van der Waals surface area contributed by atoms with Gasteiger partial charge in [-0.1, -0.05) is 18.2 Å². The summed E-state index contributed by atoms with van der Waals surface area (Å²) >= 11 is 0. The molecule has 1 aliphatic heterocycles. The summed E-state index contributed by atoms with van der Waals surface area (Å²) in [6.07, 6.45) is 0.742. The summed E-state index contributed by atoms with van der Waals surface area (Å²) in [5, 5.41) is 6.88. The van der Waals surface area contributed by atoms with Crippen molar-refractivity contribution < 1.29 is 19.1 Å². The second kappa shape index (κ2) is 9.15. The summed E-state index contributed by atoms with van der Waals surface area (Å²) in [4.78, 5) is 39.9. The van der Waals surface area contributed by atoms with Crippen LogP contribution in [0.5, 0.6) is 11.5 Å². The number of benzene rings is 2. The van der Waals surface area contributed by atoms with E-state index in [-0.39, 0.29) is 24.2 Å². The monoisotopic (exact) mass is 448 g/mol. The maximum absolute atomic E-state index is 13.2. The molecule has 1 aliphatic rings. The minimum Gasteiger partial charge on any atom is -0.497 e. The quantitative estimate of drug-likeness (QED) is 0.622. The third kappa shape index (κ3) is 4.43. The number of rotatable bonds is 6. The Kier molecular flexibility index (Phi) is 6.12. The van der Waals surface area contributed by atoms with Crippen LogP contribution >= 0.6 is 0 Å². The summed E-state index contributed by atoms with van der Waals surface area (Å²) in [5.74, 6) is 0.154. The average Bonchev–Trinajstić information content (AvgIpc) is 3.15. The van der Waals surface area contributed by atoms with Crippen LogP contribution in [0.4, 0.5) is 11.4 Å². The molecule has 1 N–H and O–H groups in total. The van der Waals surface area contributed by atoms with Gasteiger partial charge in [0.2, 0.25) is 5.91 Å². The molecule has 0 unspecified atom stereocenters. The molecule has 0 bridgehead atoms. The molecule has 0 spiro atoms. The number of hydrogen-bond acceptors (Lipinski definition) is 6. The molecule has 0 radical (unpaired) electrons. The van der Waals surface area contributed by atoms with Gasteiger partial charge in [0, 0.05) is 23.9 Å². The van der Waals surface area contributed by atoms with Crippen molar-refractivity contribution in [3.63, 3.8) is 0 Å². The molecule has 3 aromatic rings. The second-order valence-electron chi connectivity index (χ2n) is 7.69. The Balaban J connectivity index is 1.55. The number of carbonyl (C=O) groups excluding carboxylic acids is 2. The fourth-order valence-electron chi connectivity index (χ4n) is 3.91. The SMILES string of the molecule is COc1ccc(OC)c(NC(=O)Cn2nc(C(=O)N3c4ccccc4C[C@@H]3C)ccc2=O)c1. The normalized spacial score (nSPS) is 14.5. The first kappa shape index (κ1) is 22.1. The summed E-state index contributed by atoms with van der Waals surface area (Å²) < 4.78 is 11.4. The number of aromatic nitrogens is 2. The molecule has 2 heterocycles. The Morgan fingerprint density at radius 2 is 1.88 bits per heavy atom. The predicted octanol–water partition coefficient (Wildman–Crippen LogP) is 2.49. The number of ether oxygens (including phenoxy) is 2. The Bertz CT molecular complexity index is 1270. The zero-order valence-electron chi connectivity index (χ0n) is 18.6. The fourth-order valence-corrected chi connectivity index (χ4v) is 3.91. The third-order valence-electron chi connectivity index (χ3n) is 5.49. The molecule has 1 atom stereocenters. The Hall–Kier alpha value is -4.14. The molecule has 4 rings (SSSR count). The van der Waals surface area contributed by atoms with E-state index in [1.165, 1.54) is 26.4 Å². The van der Waals surface area contributed by atoms with Gasteiger partial charge in [0.1, 0.15) is 23.7 Å². The summed E-state index contributed by atoms with van der Waals surface area (Å²) in [7, 11) is 3.00. The molecule has 2 amide bonds. The van der Waals surface area contributed by atoms with Gasteiger partial charge in [-0.05, 0) is 43.2 Å². The molecule has 33 heavy (non-hydrogen) atoms. The zero-order valence-corrected chi connectivity index (χ0v) is 18.6. The van der Waals surface area contributed by atoms with Gasteiger partial charge in [-0.3, -0.25) is 14.4 Å². The standard InChI is InChI=1S/C24H24N4O5/c1-15-12-16-6-4-5-7-20(16)28(15)24(31)18-9-11-23(30)27(26-18)14-22(29)25-19-13-17(32-2)8-10-21(19)33-3/h4-11,13,15H,12,14H2,1-3H3,(H,25,29)/t15-/m0/s1. The minimum absolute atomic E-state index is 0.0408.